The van der Waals surface area contributed by atoms with Crippen LogP contribution in [-0.2, 0) is 0 Å². The summed E-state index contributed by atoms with van der Waals surface area (Å²) in [5, 5.41) is 8.93. The van der Waals surface area contributed by atoms with Crippen molar-refractivity contribution in [2.75, 3.05) is 13.6 Å². The molecule has 2 N–H and O–H groups in total. The van der Waals surface area contributed by atoms with Gasteiger partial charge in [-0.05, 0) is 39.3 Å². The molecule has 0 aromatic heterocycles. The third-order valence-corrected chi connectivity index (χ3v) is 3.10. The highest BCUT2D eigenvalue weighted by atomic mass is 15.1. The fourth-order valence-electron chi connectivity index (χ4n) is 2.01. The minimum absolute atomic E-state index is 0.503. The Morgan fingerprint density at radius 2 is 2.38 bits per heavy atom. The molecule has 0 spiro atoms. The Morgan fingerprint density at radius 3 is 2.92 bits per heavy atom. The van der Waals surface area contributed by atoms with Gasteiger partial charge in [-0.25, -0.2) is 0 Å². The topological polar surface area (TPSA) is 53.0 Å². The summed E-state index contributed by atoms with van der Waals surface area (Å²) in [6, 6.07) is 2.74. The number of rotatable bonds is 2. The zero-order chi connectivity index (χ0) is 9.90. The summed E-state index contributed by atoms with van der Waals surface area (Å²) in [5.41, 5.74) is 5.39. The van der Waals surface area contributed by atoms with Crippen LogP contribution in [0.3, 0.4) is 0 Å². The van der Waals surface area contributed by atoms with E-state index in [1.165, 1.54) is 6.42 Å². The predicted octanol–water partition coefficient (Wildman–Crippen LogP) is 1.10. The van der Waals surface area contributed by atoms with Gasteiger partial charge in [0.05, 0.1) is 6.07 Å². The van der Waals surface area contributed by atoms with E-state index < -0.39 is 5.54 Å². The SMILES string of the molecule is CCN(C)C1CCCC(N)(C#N)C1. The van der Waals surface area contributed by atoms with Gasteiger partial charge in [0.2, 0.25) is 0 Å². The molecule has 2 unspecified atom stereocenters. The summed E-state index contributed by atoms with van der Waals surface area (Å²) in [6.45, 7) is 3.17. The van der Waals surface area contributed by atoms with Gasteiger partial charge in [0.15, 0.2) is 0 Å². The lowest BCUT2D eigenvalue weighted by Crippen LogP contribution is -2.49. The van der Waals surface area contributed by atoms with Gasteiger partial charge in [-0.1, -0.05) is 6.92 Å². The highest BCUT2D eigenvalue weighted by Crippen LogP contribution is 2.28. The predicted molar refractivity (Wildman–Crippen MR) is 53.1 cm³/mol. The third-order valence-electron chi connectivity index (χ3n) is 3.10. The van der Waals surface area contributed by atoms with E-state index in [1.807, 2.05) is 0 Å². The van der Waals surface area contributed by atoms with Crippen molar-refractivity contribution in [2.45, 2.75) is 44.2 Å². The Kier molecular flexibility index (Phi) is 3.29. The highest BCUT2D eigenvalue weighted by molar-refractivity contribution is 5.08. The van der Waals surface area contributed by atoms with Crippen molar-refractivity contribution in [3.05, 3.63) is 0 Å². The molecule has 1 rings (SSSR count). The van der Waals surface area contributed by atoms with Crippen LogP contribution in [0.1, 0.15) is 32.6 Å². The average Bonchev–Trinajstić information content (AvgIpc) is 2.17. The molecule has 0 aromatic carbocycles. The van der Waals surface area contributed by atoms with Crippen molar-refractivity contribution >= 4 is 0 Å². The molecule has 1 saturated carbocycles. The first kappa shape index (κ1) is 10.5. The van der Waals surface area contributed by atoms with Crippen molar-refractivity contribution in [3.63, 3.8) is 0 Å². The first-order valence-electron chi connectivity index (χ1n) is 5.01. The molecule has 1 aliphatic carbocycles. The molecule has 0 aromatic rings. The standard InChI is InChI=1S/C10H19N3/c1-3-13(2)9-5-4-6-10(12,7-9)8-11/h9H,3-7,12H2,1-2H3. The first-order valence-corrected chi connectivity index (χ1v) is 5.01. The van der Waals surface area contributed by atoms with Crippen molar-refractivity contribution in [1.29, 1.82) is 5.26 Å². The van der Waals surface area contributed by atoms with E-state index in [1.54, 1.807) is 0 Å². The lowest BCUT2D eigenvalue weighted by atomic mass is 9.80. The molecule has 0 bridgehead atoms. The minimum Gasteiger partial charge on any atom is -0.313 e. The fourth-order valence-corrected chi connectivity index (χ4v) is 2.01. The van der Waals surface area contributed by atoms with Crippen LogP contribution in [0.5, 0.6) is 0 Å². The average molecular weight is 181 g/mol. The molecule has 3 heteroatoms. The Morgan fingerprint density at radius 1 is 1.69 bits per heavy atom. The highest BCUT2D eigenvalue weighted by Gasteiger charge is 2.33. The molecular weight excluding hydrogens is 162 g/mol. The van der Waals surface area contributed by atoms with Gasteiger partial charge < -0.3 is 10.6 Å². The normalized spacial score (nSPS) is 34.5. The molecule has 2 atom stereocenters. The Hall–Kier alpha value is -0.590. The van der Waals surface area contributed by atoms with E-state index in [0.717, 1.165) is 25.8 Å². The smallest absolute Gasteiger partial charge is 0.105 e. The van der Waals surface area contributed by atoms with E-state index in [2.05, 4.69) is 24.9 Å². The van der Waals surface area contributed by atoms with Crippen molar-refractivity contribution in [1.82, 2.24) is 4.90 Å². The summed E-state index contributed by atoms with van der Waals surface area (Å²) in [6.07, 6.45) is 3.95. The monoisotopic (exact) mass is 181 g/mol. The molecule has 1 fully saturated rings. The van der Waals surface area contributed by atoms with Crippen LogP contribution in [0.4, 0.5) is 0 Å². The summed E-state index contributed by atoms with van der Waals surface area (Å²) in [7, 11) is 2.10. The van der Waals surface area contributed by atoms with Crippen LogP contribution in [0.15, 0.2) is 0 Å². The molecule has 0 radical (unpaired) electrons. The molecule has 1 aliphatic rings. The van der Waals surface area contributed by atoms with Crippen LogP contribution in [-0.4, -0.2) is 30.1 Å². The second-order valence-electron chi connectivity index (χ2n) is 4.09. The summed E-state index contributed by atoms with van der Waals surface area (Å²) < 4.78 is 0. The van der Waals surface area contributed by atoms with Gasteiger partial charge in [-0.2, -0.15) is 5.26 Å². The zero-order valence-corrected chi connectivity index (χ0v) is 8.58. The summed E-state index contributed by atoms with van der Waals surface area (Å²) in [5.74, 6) is 0. The van der Waals surface area contributed by atoms with E-state index in [0.29, 0.717) is 6.04 Å². The number of nitrogens with zero attached hydrogens (tertiary/aromatic N) is 2. The van der Waals surface area contributed by atoms with Crippen molar-refractivity contribution in [2.24, 2.45) is 5.73 Å². The van der Waals surface area contributed by atoms with Crippen LogP contribution in [0, 0.1) is 11.3 Å². The van der Waals surface area contributed by atoms with Crippen LogP contribution < -0.4 is 5.73 Å². The minimum atomic E-state index is -0.563. The van der Waals surface area contributed by atoms with Crippen LogP contribution in [0.25, 0.3) is 0 Å². The summed E-state index contributed by atoms with van der Waals surface area (Å²) >= 11 is 0. The molecule has 74 valence electrons. The van der Waals surface area contributed by atoms with E-state index in [4.69, 9.17) is 11.0 Å². The zero-order valence-electron chi connectivity index (χ0n) is 8.58. The van der Waals surface area contributed by atoms with Gasteiger partial charge in [-0.3, -0.25) is 0 Å². The van der Waals surface area contributed by atoms with Crippen LogP contribution >= 0.6 is 0 Å². The molecule has 0 heterocycles. The molecule has 0 amide bonds. The van der Waals surface area contributed by atoms with E-state index in [9.17, 15) is 0 Å². The Balaban J connectivity index is 2.57. The first-order chi connectivity index (χ1) is 6.11. The van der Waals surface area contributed by atoms with E-state index >= 15 is 0 Å². The van der Waals surface area contributed by atoms with Crippen LogP contribution in [0.2, 0.25) is 0 Å². The van der Waals surface area contributed by atoms with E-state index in [-0.39, 0.29) is 0 Å². The molecule has 0 aliphatic heterocycles. The van der Waals surface area contributed by atoms with Gasteiger partial charge in [-0.15, -0.1) is 0 Å². The Bertz CT molecular complexity index is 209. The van der Waals surface area contributed by atoms with Crippen molar-refractivity contribution < 1.29 is 0 Å². The largest absolute Gasteiger partial charge is 0.313 e. The molecule has 0 saturated heterocycles. The lowest BCUT2D eigenvalue weighted by molar-refractivity contribution is 0.168. The quantitative estimate of drug-likeness (QED) is 0.694. The maximum absolute atomic E-state index is 8.93. The second-order valence-corrected chi connectivity index (χ2v) is 4.09. The fraction of sp³-hybridized carbons (Fsp3) is 0.900. The Labute approximate surface area is 80.5 Å². The molecular formula is C10H19N3. The van der Waals surface area contributed by atoms with Crippen molar-refractivity contribution in [3.8, 4) is 6.07 Å². The number of nitriles is 1. The van der Waals surface area contributed by atoms with Gasteiger partial charge in [0.1, 0.15) is 5.54 Å². The maximum Gasteiger partial charge on any atom is 0.105 e. The van der Waals surface area contributed by atoms with Gasteiger partial charge in [0, 0.05) is 6.04 Å². The molecule has 13 heavy (non-hydrogen) atoms. The summed E-state index contributed by atoms with van der Waals surface area (Å²) in [4.78, 5) is 2.29. The maximum atomic E-state index is 8.93. The number of hydrogen-bond acceptors (Lipinski definition) is 3. The van der Waals surface area contributed by atoms with Gasteiger partial charge in [0.25, 0.3) is 0 Å². The molecule has 3 nitrogen and oxygen atoms in total. The lowest BCUT2D eigenvalue weighted by Gasteiger charge is -2.37. The number of nitrogens with two attached hydrogens (primary N) is 1. The number of hydrogen-bond donors (Lipinski definition) is 1. The third kappa shape index (κ3) is 2.43. The van der Waals surface area contributed by atoms with Gasteiger partial charge >= 0.3 is 0 Å². The second kappa shape index (κ2) is 4.08.